The number of hydrogen-bond acceptors (Lipinski definition) is 5. The second-order valence-electron chi connectivity index (χ2n) is 9.61. The fourth-order valence-corrected chi connectivity index (χ4v) is 4.53. The summed E-state index contributed by atoms with van der Waals surface area (Å²) in [5, 5.41) is 9.70. The summed E-state index contributed by atoms with van der Waals surface area (Å²) in [5.41, 5.74) is 0.639. The van der Waals surface area contributed by atoms with E-state index in [2.05, 4.69) is 20.3 Å². The summed E-state index contributed by atoms with van der Waals surface area (Å²) in [4.78, 5) is 25.3. The third kappa shape index (κ3) is 6.25. The maximum atomic E-state index is 13.1. The lowest BCUT2D eigenvalue weighted by atomic mass is 9.95. The number of halogens is 4. The highest BCUT2D eigenvalue weighted by molar-refractivity contribution is 7.14. The fourth-order valence-electron chi connectivity index (χ4n) is 3.52. The normalized spacial score (nSPS) is 11.9. The van der Waals surface area contributed by atoms with E-state index in [9.17, 15) is 22.8 Å². The summed E-state index contributed by atoms with van der Waals surface area (Å²) in [6, 6.07) is 14.9. The van der Waals surface area contributed by atoms with Crippen molar-refractivity contribution in [1.82, 2.24) is 9.69 Å². The van der Waals surface area contributed by atoms with Gasteiger partial charge in [-0.15, -0.1) is 0 Å². The molecule has 6 nitrogen and oxygen atoms in total. The van der Waals surface area contributed by atoms with Gasteiger partial charge in [0, 0.05) is 23.0 Å². The number of benzene rings is 3. The van der Waals surface area contributed by atoms with Crippen molar-refractivity contribution in [1.29, 1.82) is 0 Å². The van der Waals surface area contributed by atoms with Gasteiger partial charge in [-0.25, -0.2) is 0 Å². The zero-order chi connectivity index (χ0) is 27.7. The van der Waals surface area contributed by atoms with Crippen molar-refractivity contribution in [2.75, 3.05) is 10.6 Å². The number of carbonyl (C=O) groups is 2. The van der Waals surface area contributed by atoms with Gasteiger partial charge in [0.05, 0.1) is 26.5 Å². The van der Waals surface area contributed by atoms with Crippen molar-refractivity contribution < 1.29 is 22.8 Å². The van der Waals surface area contributed by atoms with Gasteiger partial charge in [0.2, 0.25) is 5.91 Å². The fraction of sp³-hybridized carbons (Fsp3) is 0.222. The molecular formula is C27H24ClF3N4O2S. The van der Waals surface area contributed by atoms with Crippen LogP contribution in [0.3, 0.4) is 0 Å². The lowest BCUT2D eigenvalue weighted by Gasteiger charge is -2.18. The quantitative estimate of drug-likeness (QED) is 0.226. The van der Waals surface area contributed by atoms with Crippen LogP contribution in [0.5, 0.6) is 0 Å². The largest absolute Gasteiger partial charge is 0.416 e. The topological polar surface area (TPSA) is 83.1 Å². The minimum atomic E-state index is -4.41. The summed E-state index contributed by atoms with van der Waals surface area (Å²) < 4.78 is 43.6. The molecule has 0 fully saturated rings. The van der Waals surface area contributed by atoms with Crippen LogP contribution in [-0.2, 0) is 17.5 Å². The summed E-state index contributed by atoms with van der Waals surface area (Å²) in [6.45, 7) is 5.69. The van der Waals surface area contributed by atoms with Crippen LogP contribution in [0.4, 0.5) is 30.4 Å². The molecule has 38 heavy (non-hydrogen) atoms. The van der Waals surface area contributed by atoms with E-state index >= 15 is 0 Å². The molecular weight excluding hydrogens is 537 g/mol. The van der Waals surface area contributed by atoms with Crippen molar-refractivity contribution in [3.05, 3.63) is 82.4 Å². The number of nitrogens with one attached hydrogen (secondary N) is 3. The number of amides is 2. The molecule has 0 saturated carbocycles. The molecule has 0 aliphatic heterocycles. The van der Waals surface area contributed by atoms with E-state index in [1.807, 2.05) is 20.8 Å². The number of anilines is 3. The first-order valence-electron chi connectivity index (χ1n) is 11.5. The molecule has 0 radical (unpaired) electrons. The van der Waals surface area contributed by atoms with Crippen LogP contribution in [0.2, 0.25) is 5.02 Å². The predicted octanol–water partition coefficient (Wildman–Crippen LogP) is 7.63. The Morgan fingerprint density at radius 3 is 2.37 bits per heavy atom. The van der Waals surface area contributed by atoms with Gasteiger partial charge < -0.3 is 16.0 Å². The van der Waals surface area contributed by atoms with Crippen LogP contribution in [0.15, 0.2) is 60.7 Å². The Hall–Kier alpha value is -3.63. The maximum absolute atomic E-state index is 13.1. The molecule has 3 N–H and O–H groups in total. The number of aromatic nitrogens is 1. The second kappa shape index (κ2) is 10.6. The first-order chi connectivity index (χ1) is 17.8. The number of rotatable bonds is 6. The van der Waals surface area contributed by atoms with Gasteiger partial charge in [-0.2, -0.15) is 17.5 Å². The Morgan fingerprint density at radius 2 is 1.71 bits per heavy atom. The third-order valence-corrected chi connectivity index (χ3v) is 6.86. The molecule has 4 aromatic rings. The average molecular weight is 561 g/mol. The van der Waals surface area contributed by atoms with E-state index in [1.165, 1.54) is 12.1 Å². The zero-order valence-electron chi connectivity index (χ0n) is 20.7. The number of carbonyl (C=O) groups excluding carboxylic acids is 2. The summed E-state index contributed by atoms with van der Waals surface area (Å²) in [6.07, 6.45) is -4.41. The van der Waals surface area contributed by atoms with Crippen molar-refractivity contribution in [2.45, 2.75) is 33.5 Å². The number of alkyl halides is 3. The van der Waals surface area contributed by atoms with Gasteiger partial charge in [0.1, 0.15) is 0 Å². The highest BCUT2D eigenvalue weighted by atomic mass is 35.5. The molecule has 11 heteroatoms. The van der Waals surface area contributed by atoms with Crippen molar-refractivity contribution in [3.63, 3.8) is 0 Å². The minimum absolute atomic E-state index is 0.115. The van der Waals surface area contributed by atoms with Gasteiger partial charge in [-0.05, 0) is 65.6 Å². The number of fused-ring (bicyclic) bond motifs is 1. The Labute approximate surface area is 226 Å². The van der Waals surface area contributed by atoms with E-state index in [1.54, 1.807) is 36.4 Å². The van der Waals surface area contributed by atoms with Gasteiger partial charge in [0.25, 0.3) is 5.91 Å². The van der Waals surface area contributed by atoms with E-state index in [-0.39, 0.29) is 23.0 Å². The lowest BCUT2D eigenvalue weighted by molar-refractivity contribution is -0.137. The van der Waals surface area contributed by atoms with Crippen LogP contribution in [0, 0.1) is 5.41 Å². The molecule has 0 atom stereocenters. The summed E-state index contributed by atoms with van der Waals surface area (Å²) in [5.74, 6) is -0.0938. The Balaban J connectivity index is 1.52. The van der Waals surface area contributed by atoms with Crippen molar-refractivity contribution >= 4 is 62.2 Å². The molecule has 0 unspecified atom stereocenters. The molecule has 2 amide bonds. The van der Waals surface area contributed by atoms with Crippen LogP contribution < -0.4 is 16.0 Å². The van der Waals surface area contributed by atoms with Gasteiger partial charge in [-0.1, -0.05) is 44.5 Å². The molecule has 1 heterocycles. The Bertz CT molecular complexity index is 1500. The smallest absolute Gasteiger partial charge is 0.352 e. The molecule has 0 aliphatic carbocycles. The van der Waals surface area contributed by atoms with Crippen LogP contribution in [0.25, 0.3) is 10.1 Å². The van der Waals surface area contributed by atoms with Gasteiger partial charge >= 0.3 is 6.18 Å². The standard InChI is InChI=1S/C27H24ClF3N4O2S/c1-26(2,3)25(37)32-14-15-7-12-20(28)19(13-15)24(36)34-21-6-4-5-18-22(21)38-35-23(18)33-17-10-8-16(9-11-17)27(29,30)31/h4-13H,14H2,1-3H3,(H,32,37)(H,33,35)(H,34,36). The number of nitrogens with zero attached hydrogens (tertiary/aromatic N) is 1. The first-order valence-corrected chi connectivity index (χ1v) is 12.7. The van der Waals surface area contributed by atoms with E-state index in [0.717, 1.165) is 29.2 Å². The van der Waals surface area contributed by atoms with E-state index < -0.39 is 23.1 Å². The second-order valence-corrected chi connectivity index (χ2v) is 10.8. The average Bonchev–Trinajstić information content (AvgIpc) is 3.26. The molecule has 0 bridgehead atoms. The molecule has 0 spiro atoms. The molecule has 198 valence electrons. The molecule has 0 saturated heterocycles. The third-order valence-electron chi connectivity index (χ3n) is 5.63. The van der Waals surface area contributed by atoms with Gasteiger partial charge in [-0.3, -0.25) is 9.59 Å². The Morgan fingerprint density at radius 1 is 1.00 bits per heavy atom. The number of hydrogen-bond donors (Lipinski definition) is 3. The lowest BCUT2D eigenvalue weighted by Crippen LogP contribution is -2.34. The van der Waals surface area contributed by atoms with Gasteiger partial charge in [0.15, 0.2) is 5.82 Å². The molecule has 3 aromatic carbocycles. The summed E-state index contributed by atoms with van der Waals surface area (Å²) in [7, 11) is 0. The maximum Gasteiger partial charge on any atom is 0.416 e. The minimum Gasteiger partial charge on any atom is -0.352 e. The predicted molar refractivity (Wildman–Crippen MR) is 145 cm³/mol. The van der Waals surface area contributed by atoms with Crippen molar-refractivity contribution in [3.8, 4) is 0 Å². The Kier molecular flexibility index (Phi) is 7.66. The van der Waals surface area contributed by atoms with Crippen LogP contribution in [0.1, 0.15) is 42.3 Å². The SMILES string of the molecule is CC(C)(C)C(=O)NCc1ccc(Cl)c(C(=O)Nc2cccc3c(Nc4ccc(C(F)(F)F)cc4)nsc23)c1. The van der Waals surface area contributed by atoms with Crippen LogP contribution in [-0.4, -0.2) is 16.2 Å². The highest BCUT2D eigenvalue weighted by Crippen LogP contribution is 2.35. The molecule has 4 rings (SSSR count). The van der Waals surface area contributed by atoms with E-state index in [4.69, 9.17) is 11.6 Å². The highest BCUT2D eigenvalue weighted by Gasteiger charge is 2.30. The molecule has 1 aromatic heterocycles. The monoisotopic (exact) mass is 560 g/mol. The zero-order valence-corrected chi connectivity index (χ0v) is 22.2. The summed E-state index contributed by atoms with van der Waals surface area (Å²) >= 11 is 7.44. The molecule has 0 aliphatic rings. The van der Waals surface area contributed by atoms with E-state index in [0.29, 0.717) is 27.3 Å². The van der Waals surface area contributed by atoms with Crippen LogP contribution >= 0.6 is 23.1 Å². The van der Waals surface area contributed by atoms with Crippen molar-refractivity contribution in [2.24, 2.45) is 5.41 Å². The first kappa shape index (κ1) is 27.4.